The third-order valence-electron chi connectivity index (χ3n) is 9.11. The topological polar surface area (TPSA) is 76.1 Å². The minimum atomic E-state index is -0.965. The maximum absolute atomic E-state index is 14.4. The number of ether oxygens (including phenoxy) is 2. The highest BCUT2D eigenvalue weighted by molar-refractivity contribution is 5.90. The van der Waals surface area contributed by atoms with Crippen LogP contribution in [0.15, 0.2) is 36.4 Å². The van der Waals surface area contributed by atoms with Gasteiger partial charge < -0.3 is 14.6 Å². The van der Waals surface area contributed by atoms with Crippen LogP contribution in [0.1, 0.15) is 48.8 Å². The van der Waals surface area contributed by atoms with Crippen LogP contribution in [0.3, 0.4) is 0 Å². The molecular weight excluding hydrogens is 449 g/mol. The van der Waals surface area contributed by atoms with Crippen molar-refractivity contribution in [1.82, 2.24) is 4.90 Å². The second kappa shape index (κ2) is 7.29. The maximum atomic E-state index is 14.4. The number of carbonyl (C=O) groups is 2. The van der Waals surface area contributed by atoms with Gasteiger partial charge in [-0.15, -0.1) is 0 Å². The third kappa shape index (κ3) is 2.84. The van der Waals surface area contributed by atoms with Crippen molar-refractivity contribution < 1.29 is 28.6 Å². The van der Waals surface area contributed by atoms with Crippen LogP contribution in [0.4, 0.5) is 4.39 Å². The van der Waals surface area contributed by atoms with Gasteiger partial charge in [0, 0.05) is 18.5 Å². The molecule has 3 fully saturated rings. The van der Waals surface area contributed by atoms with Crippen LogP contribution >= 0.6 is 0 Å². The van der Waals surface area contributed by atoms with E-state index in [0.29, 0.717) is 36.5 Å². The van der Waals surface area contributed by atoms with Crippen LogP contribution in [0.25, 0.3) is 0 Å². The van der Waals surface area contributed by atoms with E-state index in [1.54, 1.807) is 24.3 Å². The summed E-state index contributed by atoms with van der Waals surface area (Å²) in [5, 5.41) is 10.7. The summed E-state index contributed by atoms with van der Waals surface area (Å²) >= 11 is 0. The van der Waals surface area contributed by atoms with Crippen molar-refractivity contribution in [3.8, 4) is 11.5 Å². The standard InChI is InChI=1S/C28H28FNO5/c29-19-4-2-1-3-17(19)14-23(33)35-28-10-9-21(32)26-27(28)11-12-30(15-16-5-6-16)22(28)13-18-7-8-20(31)25(34-26)24(18)27/h1-4,7-8,16,22,26,31H,5-6,9-15H2/t22?,26-,27-,28+/m0/s1. The van der Waals surface area contributed by atoms with E-state index in [1.807, 2.05) is 6.07 Å². The molecular formula is C28H28FNO5. The highest BCUT2D eigenvalue weighted by Crippen LogP contribution is 2.66. The molecule has 182 valence electrons. The molecule has 2 aromatic rings. The van der Waals surface area contributed by atoms with Gasteiger partial charge in [-0.3, -0.25) is 14.5 Å². The summed E-state index contributed by atoms with van der Waals surface area (Å²) in [4.78, 5) is 29.2. The summed E-state index contributed by atoms with van der Waals surface area (Å²) in [6, 6.07) is 9.73. The number of piperidine rings is 1. The van der Waals surface area contributed by atoms with Gasteiger partial charge in [0.1, 0.15) is 11.4 Å². The lowest BCUT2D eigenvalue weighted by atomic mass is 9.48. The van der Waals surface area contributed by atoms with Gasteiger partial charge in [-0.1, -0.05) is 24.3 Å². The van der Waals surface area contributed by atoms with Crippen LogP contribution in [-0.2, 0) is 32.6 Å². The first-order valence-corrected chi connectivity index (χ1v) is 12.7. The average Bonchev–Trinajstić information content (AvgIpc) is 3.58. The van der Waals surface area contributed by atoms with E-state index in [1.165, 1.54) is 18.9 Å². The smallest absolute Gasteiger partial charge is 0.311 e. The Labute approximate surface area is 203 Å². The van der Waals surface area contributed by atoms with Gasteiger partial charge in [-0.25, -0.2) is 4.39 Å². The maximum Gasteiger partial charge on any atom is 0.311 e. The fourth-order valence-corrected chi connectivity index (χ4v) is 7.48. The third-order valence-corrected chi connectivity index (χ3v) is 9.11. The largest absolute Gasteiger partial charge is 0.504 e. The summed E-state index contributed by atoms with van der Waals surface area (Å²) in [5.41, 5.74) is 0.400. The van der Waals surface area contributed by atoms with Crippen LogP contribution in [0, 0.1) is 11.7 Å². The van der Waals surface area contributed by atoms with Crippen LogP contribution in [-0.4, -0.2) is 52.6 Å². The number of benzene rings is 2. The average molecular weight is 478 g/mol. The number of hydrogen-bond donors (Lipinski definition) is 1. The highest BCUT2D eigenvalue weighted by atomic mass is 19.1. The van der Waals surface area contributed by atoms with Crippen molar-refractivity contribution in [3.05, 3.63) is 58.9 Å². The number of aromatic hydroxyl groups is 1. The van der Waals surface area contributed by atoms with E-state index in [9.17, 15) is 19.1 Å². The summed E-state index contributed by atoms with van der Waals surface area (Å²) in [7, 11) is 0. The first kappa shape index (κ1) is 21.4. The quantitative estimate of drug-likeness (QED) is 0.665. The predicted octanol–water partition coefficient (Wildman–Crippen LogP) is 3.46. The number of nitrogens with zero attached hydrogens (tertiary/aromatic N) is 1. The van der Waals surface area contributed by atoms with Crippen molar-refractivity contribution in [2.45, 2.75) is 68.1 Å². The van der Waals surface area contributed by atoms with Gasteiger partial charge in [0.25, 0.3) is 0 Å². The normalized spacial score (nSPS) is 32.7. The molecule has 6 nitrogen and oxygen atoms in total. The predicted molar refractivity (Wildman–Crippen MR) is 124 cm³/mol. The molecule has 2 heterocycles. The van der Waals surface area contributed by atoms with Crippen LogP contribution < -0.4 is 4.74 Å². The van der Waals surface area contributed by atoms with Gasteiger partial charge in [-0.2, -0.15) is 0 Å². The lowest BCUT2D eigenvalue weighted by Crippen LogP contribution is -2.77. The van der Waals surface area contributed by atoms with Gasteiger partial charge in [-0.05, 0) is 67.8 Å². The van der Waals surface area contributed by atoms with Gasteiger partial charge in [0.05, 0.1) is 17.9 Å². The monoisotopic (exact) mass is 477 g/mol. The van der Waals surface area contributed by atoms with E-state index in [-0.39, 0.29) is 30.4 Å². The van der Waals surface area contributed by atoms with Crippen LogP contribution in [0.2, 0.25) is 0 Å². The molecule has 1 N–H and O–H groups in total. The SMILES string of the molecule is O=C(Cc1ccccc1F)O[C@@]12CCC(=O)[C@@H]3Oc4c(O)ccc5c4[C@@]31CCN(CC1CC1)C2C5. The van der Waals surface area contributed by atoms with E-state index in [4.69, 9.17) is 9.47 Å². The number of halogens is 1. The fourth-order valence-electron chi connectivity index (χ4n) is 7.48. The van der Waals surface area contributed by atoms with Gasteiger partial charge in [0.2, 0.25) is 0 Å². The summed E-state index contributed by atoms with van der Waals surface area (Å²) < 4.78 is 27.1. The Bertz CT molecular complexity index is 1260. The number of likely N-dealkylation sites (tertiary alicyclic amines) is 1. The molecule has 4 atom stereocenters. The molecule has 7 rings (SSSR count). The van der Waals surface area contributed by atoms with E-state index < -0.39 is 28.9 Å². The molecule has 5 aliphatic rings. The Morgan fingerprint density at radius 2 is 2.03 bits per heavy atom. The highest BCUT2D eigenvalue weighted by Gasteiger charge is 2.75. The molecule has 0 aromatic heterocycles. The van der Waals surface area contributed by atoms with Gasteiger partial charge in [0.15, 0.2) is 23.4 Å². The Kier molecular flexibility index (Phi) is 4.45. The number of esters is 1. The fraction of sp³-hybridized carbons (Fsp3) is 0.500. The number of hydrogen-bond acceptors (Lipinski definition) is 6. The zero-order valence-electron chi connectivity index (χ0n) is 19.5. The summed E-state index contributed by atoms with van der Waals surface area (Å²) in [6.45, 7) is 1.74. The number of rotatable bonds is 5. The molecule has 1 saturated heterocycles. The number of phenols is 1. The Balaban J connectivity index is 1.36. The molecule has 2 bridgehead atoms. The molecule has 0 radical (unpaired) electrons. The van der Waals surface area contributed by atoms with Crippen LogP contribution in [0.5, 0.6) is 11.5 Å². The molecule has 7 heteroatoms. The number of phenolic OH excluding ortho intramolecular Hbond substituents is 1. The Morgan fingerprint density at radius 1 is 1.20 bits per heavy atom. The number of carbonyl (C=O) groups excluding carboxylic acids is 2. The molecule has 3 aliphatic carbocycles. The van der Waals surface area contributed by atoms with E-state index in [2.05, 4.69) is 4.90 Å². The molecule has 1 spiro atoms. The Morgan fingerprint density at radius 3 is 2.83 bits per heavy atom. The summed E-state index contributed by atoms with van der Waals surface area (Å²) in [5.74, 6) is 0.115. The van der Waals surface area contributed by atoms with Crippen molar-refractivity contribution >= 4 is 11.8 Å². The second-order valence-electron chi connectivity index (χ2n) is 10.9. The first-order valence-electron chi connectivity index (χ1n) is 12.7. The zero-order chi connectivity index (χ0) is 23.9. The van der Waals surface area contributed by atoms with Crippen molar-refractivity contribution in [2.75, 3.05) is 13.1 Å². The van der Waals surface area contributed by atoms with Crippen molar-refractivity contribution in [3.63, 3.8) is 0 Å². The number of Topliss-reactive ketones (excluding diaryl/α,β-unsaturated/α-hetero) is 1. The van der Waals surface area contributed by atoms with Gasteiger partial charge >= 0.3 is 5.97 Å². The van der Waals surface area contributed by atoms with Crippen molar-refractivity contribution in [1.29, 1.82) is 0 Å². The lowest BCUT2D eigenvalue weighted by Gasteiger charge is -2.63. The molecule has 35 heavy (non-hydrogen) atoms. The molecule has 0 amide bonds. The second-order valence-corrected chi connectivity index (χ2v) is 10.9. The minimum absolute atomic E-state index is 0.0105. The van der Waals surface area contributed by atoms with E-state index >= 15 is 0 Å². The lowest BCUT2D eigenvalue weighted by molar-refractivity contribution is -0.215. The minimum Gasteiger partial charge on any atom is -0.504 e. The number of ketones is 1. The molecule has 2 aliphatic heterocycles. The zero-order valence-corrected chi connectivity index (χ0v) is 19.5. The summed E-state index contributed by atoms with van der Waals surface area (Å²) in [6.07, 6.45) is 3.41. The first-order chi connectivity index (χ1) is 16.9. The molecule has 2 saturated carbocycles. The Hall–Kier alpha value is -2.93. The van der Waals surface area contributed by atoms with E-state index in [0.717, 1.165) is 24.2 Å². The molecule has 2 aromatic carbocycles. The molecule has 1 unspecified atom stereocenters. The van der Waals surface area contributed by atoms with Crippen molar-refractivity contribution in [2.24, 2.45) is 5.92 Å².